The van der Waals surface area contributed by atoms with Crippen molar-refractivity contribution < 1.29 is 9.53 Å². The second-order valence-electron chi connectivity index (χ2n) is 5.25. The van der Waals surface area contributed by atoms with E-state index in [0.29, 0.717) is 22.2 Å². The molecule has 25 heavy (non-hydrogen) atoms. The Bertz CT molecular complexity index is 1030. The van der Waals surface area contributed by atoms with E-state index in [0.717, 1.165) is 4.68 Å². The number of carbonyl (C=O) groups is 1. The van der Waals surface area contributed by atoms with E-state index in [1.54, 1.807) is 48.5 Å². The van der Waals surface area contributed by atoms with Crippen LogP contribution < -0.4 is 15.6 Å². The van der Waals surface area contributed by atoms with Crippen LogP contribution in [0.4, 0.5) is 5.69 Å². The second kappa shape index (κ2) is 6.84. The lowest BCUT2D eigenvalue weighted by molar-refractivity contribution is 0.102. The van der Waals surface area contributed by atoms with Crippen LogP contribution in [0.2, 0.25) is 0 Å². The smallest absolute Gasteiger partial charge is 0.276 e. The summed E-state index contributed by atoms with van der Waals surface area (Å²) in [4.78, 5) is 24.7. The largest absolute Gasteiger partial charge is 0.479 e. The molecule has 7 heteroatoms. The number of hydrogen-bond donors (Lipinski definition) is 1. The van der Waals surface area contributed by atoms with Crippen molar-refractivity contribution >= 4 is 22.4 Å². The molecule has 3 aromatic rings. The lowest BCUT2D eigenvalue weighted by Crippen LogP contribution is -2.25. The number of rotatable bonds is 4. The van der Waals surface area contributed by atoms with Crippen molar-refractivity contribution in [3.63, 3.8) is 0 Å². The zero-order chi connectivity index (χ0) is 17.8. The minimum atomic E-state index is -0.419. The van der Waals surface area contributed by atoms with Crippen molar-refractivity contribution in [2.75, 3.05) is 11.9 Å². The number of aryl methyl sites for hydroxylation is 1. The minimum absolute atomic E-state index is 0.0420. The summed E-state index contributed by atoms with van der Waals surface area (Å²) in [5, 5.41) is 16.3. The van der Waals surface area contributed by atoms with Gasteiger partial charge in [-0.15, -0.1) is 0 Å². The first-order valence-corrected chi connectivity index (χ1v) is 7.47. The standard InChI is InChI=1S/C18H14N4O3/c1-22-18(24)15-5-3-2-4-14(15)16(21-22)17(23)20-12-6-8-13(9-7-12)25-11-10-19/h2-9H,11H2,1H3,(H,20,23). The van der Waals surface area contributed by atoms with Crippen molar-refractivity contribution in [3.05, 3.63) is 64.6 Å². The molecular weight excluding hydrogens is 320 g/mol. The highest BCUT2D eigenvalue weighted by atomic mass is 16.5. The van der Waals surface area contributed by atoms with Crippen LogP contribution in [0.5, 0.6) is 5.75 Å². The molecule has 0 atom stereocenters. The van der Waals surface area contributed by atoms with Gasteiger partial charge in [0.1, 0.15) is 11.8 Å². The Kier molecular flexibility index (Phi) is 4.44. The molecule has 0 aliphatic rings. The highest BCUT2D eigenvalue weighted by Crippen LogP contribution is 2.18. The molecule has 1 heterocycles. The third kappa shape index (κ3) is 3.33. The van der Waals surface area contributed by atoms with Crippen LogP contribution in [0.25, 0.3) is 10.8 Å². The predicted octanol–water partition coefficient (Wildman–Crippen LogP) is 2.09. The molecule has 0 saturated carbocycles. The summed E-state index contributed by atoms with van der Waals surface area (Å²) in [6.07, 6.45) is 0. The van der Waals surface area contributed by atoms with E-state index in [1.807, 2.05) is 6.07 Å². The van der Waals surface area contributed by atoms with Crippen LogP contribution in [-0.2, 0) is 7.05 Å². The summed E-state index contributed by atoms with van der Waals surface area (Å²) in [6, 6.07) is 15.4. The van der Waals surface area contributed by atoms with Crippen LogP contribution in [0, 0.1) is 11.3 Å². The number of anilines is 1. The first kappa shape index (κ1) is 16.2. The number of nitrogens with one attached hydrogen (secondary N) is 1. The number of benzene rings is 2. The predicted molar refractivity (Wildman–Crippen MR) is 92.5 cm³/mol. The van der Waals surface area contributed by atoms with Crippen LogP contribution in [0.15, 0.2) is 53.3 Å². The number of hydrogen-bond acceptors (Lipinski definition) is 5. The summed E-state index contributed by atoms with van der Waals surface area (Å²) in [7, 11) is 1.51. The number of nitriles is 1. The molecule has 124 valence electrons. The average Bonchev–Trinajstić information content (AvgIpc) is 2.64. The average molecular weight is 334 g/mol. The Morgan fingerprint density at radius 1 is 1.20 bits per heavy atom. The molecule has 0 saturated heterocycles. The van der Waals surface area contributed by atoms with Gasteiger partial charge in [0.25, 0.3) is 11.5 Å². The first-order chi connectivity index (χ1) is 12.1. The molecule has 3 rings (SSSR count). The molecule has 7 nitrogen and oxygen atoms in total. The fraction of sp³-hybridized carbons (Fsp3) is 0.111. The van der Waals surface area contributed by atoms with E-state index in [4.69, 9.17) is 10.00 Å². The van der Waals surface area contributed by atoms with Gasteiger partial charge in [0.05, 0.1) is 5.39 Å². The van der Waals surface area contributed by atoms with Crippen LogP contribution in [-0.4, -0.2) is 22.3 Å². The summed E-state index contributed by atoms with van der Waals surface area (Å²) >= 11 is 0. The summed E-state index contributed by atoms with van der Waals surface area (Å²) < 4.78 is 6.31. The minimum Gasteiger partial charge on any atom is -0.479 e. The van der Waals surface area contributed by atoms with Crippen molar-refractivity contribution in [1.29, 1.82) is 5.26 Å². The fourth-order valence-corrected chi connectivity index (χ4v) is 2.41. The van der Waals surface area contributed by atoms with E-state index in [-0.39, 0.29) is 17.9 Å². The van der Waals surface area contributed by atoms with E-state index >= 15 is 0 Å². The van der Waals surface area contributed by atoms with Gasteiger partial charge in [-0.05, 0) is 30.3 Å². The molecule has 0 aliphatic carbocycles. The summed E-state index contributed by atoms with van der Waals surface area (Å²) in [6.45, 7) is -0.0420. The fourth-order valence-electron chi connectivity index (χ4n) is 2.41. The quantitative estimate of drug-likeness (QED) is 0.788. The zero-order valence-electron chi connectivity index (χ0n) is 13.4. The van der Waals surface area contributed by atoms with E-state index in [1.165, 1.54) is 7.05 Å². The van der Waals surface area contributed by atoms with Gasteiger partial charge in [-0.25, -0.2) is 4.68 Å². The number of fused-ring (bicyclic) bond motifs is 1. The highest BCUT2D eigenvalue weighted by molar-refractivity contribution is 6.11. The van der Waals surface area contributed by atoms with Gasteiger partial charge in [0.15, 0.2) is 12.3 Å². The van der Waals surface area contributed by atoms with Gasteiger partial charge < -0.3 is 10.1 Å². The number of amides is 1. The number of ether oxygens (including phenoxy) is 1. The van der Waals surface area contributed by atoms with Gasteiger partial charge in [0, 0.05) is 18.1 Å². The van der Waals surface area contributed by atoms with Crippen LogP contribution in [0.3, 0.4) is 0 Å². The third-order valence-electron chi connectivity index (χ3n) is 3.59. The van der Waals surface area contributed by atoms with Crippen molar-refractivity contribution in [2.24, 2.45) is 7.05 Å². The molecule has 0 fully saturated rings. The van der Waals surface area contributed by atoms with E-state index < -0.39 is 5.91 Å². The SMILES string of the molecule is Cn1nc(C(=O)Nc2ccc(OCC#N)cc2)c2ccccc2c1=O. The zero-order valence-corrected chi connectivity index (χ0v) is 13.4. The van der Waals surface area contributed by atoms with Gasteiger partial charge in [-0.3, -0.25) is 9.59 Å². The molecule has 0 spiro atoms. The highest BCUT2D eigenvalue weighted by Gasteiger charge is 2.15. The normalized spacial score (nSPS) is 10.2. The Labute approximate surface area is 143 Å². The maximum absolute atomic E-state index is 12.6. The Balaban J connectivity index is 1.89. The third-order valence-corrected chi connectivity index (χ3v) is 3.59. The first-order valence-electron chi connectivity index (χ1n) is 7.47. The number of nitrogens with zero attached hydrogens (tertiary/aromatic N) is 3. The molecule has 0 unspecified atom stereocenters. The van der Waals surface area contributed by atoms with E-state index in [2.05, 4.69) is 10.4 Å². The van der Waals surface area contributed by atoms with Gasteiger partial charge in [0.2, 0.25) is 0 Å². The molecule has 0 bridgehead atoms. The van der Waals surface area contributed by atoms with Crippen LogP contribution in [0.1, 0.15) is 10.5 Å². The molecule has 0 radical (unpaired) electrons. The van der Waals surface area contributed by atoms with Crippen molar-refractivity contribution in [3.8, 4) is 11.8 Å². The van der Waals surface area contributed by atoms with Crippen LogP contribution >= 0.6 is 0 Å². The molecule has 1 aromatic heterocycles. The number of aromatic nitrogens is 2. The van der Waals surface area contributed by atoms with Gasteiger partial charge in [-0.1, -0.05) is 18.2 Å². The Hall–Kier alpha value is -3.66. The van der Waals surface area contributed by atoms with E-state index in [9.17, 15) is 9.59 Å². The molecule has 0 aliphatic heterocycles. The molecule has 1 N–H and O–H groups in total. The maximum Gasteiger partial charge on any atom is 0.276 e. The molecular formula is C18H14N4O3. The Morgan fingerprint density at radius 3 is 2.56 bits per heavy atom. The Morgan fingerprint density at radius 2 is 1.88 bits per heavy atom. The lowest BCUT2D eigenvalue weighted by atomic mass is 10.1. The van der Waals surface area contributed by atoms with Gasteiger partial charge in [-0.2, -0.15) is 10.4 Å². The molecule has 1 amide bonds. The second-order valence-corrected chi connectivity index (χ2v) is 5.25. The topological polar surface area (TPSA) is 97.0 Å². The summed E-state index contributed by atoms with van der Waals surface area (Å²) in [5.41, 5.74) is 0.461. The summed E-state index contributed by atoms with van der Waals surface area (Å²) in [5.74, 6) is 0.114. The number of carbonyl (C=O) groups excluding carboxylic acids is 1. The lowest BCUT2D eigenvalue weighted by Gasteiger charge is -2.09. The van der Waals surface area contributed by atoms with Gasteiger partial charge >= 0.3 is 0 Å². The van der Waals surface area contributed by atoms with Crippen molar-refractivity contribution in [2.45, 2.75) is 0 Å². The maximum atomic E-state index is 12.6. The monoisotopic (exact) mass is 334 g/mol. The van der Waals surface area contributed by atoms with Crippen molar-refractivity contribution in [1.82, 2.24) is 9.78 Å². The molecule has 2 aromatic carbocycles.